The first-order valence-corrected chi connectivity index (χ1v) is 8.72. The molecular weight excluding hydrogens is 344 g/mol. The number of hydrogen-bond acceptors (Lipinski definition) is 4. The average Bonchev–Trinajstić information content (AvgIpc) is 2.67. The largest absolute Gasteiger partial charge is 0.467 e. The van der Waals surface area contributed by atoms with Crippen LogP contribution in [0.2, 0.25) is 0 Å². The fourth-order valence-electron chi connectivity index (χ4n) is 2.76. The molecule has 27 heavy (non-hydrogen) atoms. The average molecular weight is 368 g/mol. The van der Waals surface area contributed by atoms with Gasteiger partial charge in [0, 0.05) is 19.8 Å². The fraction of sp³-hybridized carbons (Fsp3) is 0.286. The smallest absolute Gasteiger partial charge is 0.328 e. The van der Waals surface area contributed by atoms with Gasteiger partial charge in [-0.3, -0.25) is 9.59 Å². The number of esters is 1. The Morgan fingerprint density at radius 2 is 1.30 bits per heavy atom. The number of amides is 2. The van der Waals surface area contributed by atoms with Gasteiger partial charge in [0.1, 0.15) is 12.1 Å². The molecule has 2 N–H and O–H groups in total. The highest BCUT2D eigenvalue weighted by Crippen LogP contribution is 2.07. The number of carbonyl (C=O) groups is 3. The molecule has 2 amide bonds. The molecule has 0 aliphatic rings. The van der Waals surface area contributed by atoms with Crippen molar-refractivity contribution in [1.82, 2.24) is 10.6 Å². The number of rotatable bonds is 8. The first-order chi connectivity index (χ1) is 13.0. The van der Waals surface area contributed by atoms with Gasteiger partial charge in [0.25, 0.3) is 0 Å². The van der Waals surface area contributed by atoms with Gasteiger partial charge in [-0.25, -0.2) is 4.79 Å². The van der Waals surface area contributed by atoms with Crippen molar-refractivity contribution >= 4 is 17.8 Å². The Kier molecular flexibility index (Phi) is 7.55. The molecule has 0 radical (unpaired) electrons. The minimum Gasteiger partial charge on any atom is -0.467 e. The minimum absolute atomic E-state index is 0.303. The van der Waals surface area contributed by atoms with Gasteiger partial charge >= 0.3 is 5.97 Å². The summed E-state index contributed by atoms with van der Waals surface area (Å²) in [5.41, 5.74) is 1.80. The van der Waals surface area contributed by atoms with Gasteiger partial charge in [-0.1, -0.05) is 60.7 Å². The second-order valence-corrected chi connectivity index (χ2v) is 6.22. The van der Waals surface area contributed by atoms with Crippen molar-refractivity contribution in [3.63, 3.8) is 0 Å². The first kappa shape index (κ1) is 20.2. The van der Waals surface area contributed by atoms with Crippen molar-refractivity contribution < 1.29 is 19.1 Å². The molecule has 2 atom stereocenters. The number of ether oxygens (including phenoxy) is 1. The lowest BCUT2D eigenvalue weighted by molar-refractivity contribution is -0.145. The van der Waals surface area contributed by atoms with E-state index in [9.17, 15) is 14.4 Å². The van der Waals surface area contributed by atoms with Gasteiger partial charge in [0.15, 0.2) is 0 Å². The van der Waals surface area contributed by atoms with Crippen LogP contribution in [0.5, 0.6) is 0 Å². The van der Waals surface area contributed by atoms with E-state index in [1.807, 2.05) is 60.7 Å². The van der Waals surface area contributed by atoms with Gasteiger partial charge in [0.05, 0.1) is 7.11 Å². The number of benzene rings is 2. The predicted octanol–water partition coefficient (Wildman–Crippen LogP) is 1.63. The normalized spacial score (nSPS) is 12.5. The molecule has 2 aromatic carbocycles. The van der Waals surface area contributed by atoms with Crippen LogP contribution in [0.25, 0.3) is 0 Å². The molecule has 6 nitrogen and oxygen atoms in total. The van der Waals surface area contributed by atoms with E-state index in [4.69, 9.17) is 4.74 Å². The van der Waals surface area contributed by atoms with Gasteiger partial charge in [-0.05, 0) is 11.1 Å². The van der Waals surface area contributed by atoms with Crippen molar-refractivity contribution in [3.05, 3.63) is 71.8 Å². The van der Waals surface area contributed by atoms with Crippen LogP contribution in [0.1, 0.15) is 18.1 Å². The molecule has 2 aromatic rings. The molecule has 0 aliphatic heterocycles. The maximum Gasteiger partial charge on any atom is 0.328 e. The molecule has 2 rings (SSSR count). The molecule has 0 saturated carbocycles. The van der Waals surface area contributed by atoms with E-state index in [-0.39, 0.29) is 5.91 Å². The molecule has 142 valence electrons. The molecule has 0 spiro atoms. The molecule has 0 fully saturated rings. The SMILES string of the molecule is COC(=O)[C@@H](Cc1ccccc1)NC(=O)[C@@H](Cc1ccccc1)NC(C)=O. The lowest BCUT2D eigenvalue weighted by atomic mass is 10.0. The summed E-state index contributed by atoms with van der Waals surface area (Å²) in [6.45, 7) is 1.35. The zero-order valence-electron chi connectivity index (χ0n) is 15.5. The van der Waals surface area contributed by atoms with E-state index in [1.165, 1.54) is 14.0 Å². The van der Waals surface area contributed by atoms with Gasteiger partial charge in [0.2, 0.25) is 11.8 Å². The summed E-state index contributed by atoms with van der Waals surface area (Å²) in [5.74, 6) is -1.28. The Labute approximate surface area is 158 Å². The van der Waals surface area contributed by atoms with Gasteiger partial charge in [-0.2, -0.15) is 0 Å². The number of methoxy groups -OCH3 is 1. The maximum atomic E-state index is 12.8. The van der Waals surface area contributed by atoms with E-state index < -0.39 is 24.0 Å². The molecule has 6 heteroatoms. The van der Waals surface area contributed by atoms with E-state index in [1.54, 1.807) is 0 Å². The van der Waals surface area contributed by atoms with Crippen LogP contribution in [-0.4, -0.2) is 37.0 Å². The number of nitrogens with one attached hydrogen (secondary N) is 2. The summed E-state index contributed by atoms with van der Waals surface area (Å²) < 4.78 is 4.82. The zero-order valence-corrected chi connectivity index (χ0v) is 15.5. The van der Waals surface area contributed by atoms with Gasteiger partial charge in [-0.15, -0.1) is 0 Å². The Bertz CT molecular complexity index is 762. The molecule has 0 heterocycles. The fourth-order valence-corrected chi connectivity index (χ4v) is 2.76. The standard InChI is InChI=1S/C21H24N2O4/c1-15(24)22-18(13-16-9-5-3-6-10-16)20(25)23-19(21(26)27-2)14-17-11-7-4-8-12-17/h3-12,18-19H,13-14H2,1-2H3,(H,22,24)(H,23,25)/t18-,19-/m1/s1. The second kappa shape index (κ2) is 10.1. The lowest BCUT2D eigenvalue weighted by Crippen LogP contribution is -2.53. The summed E-state index contributed by atoms with van der Waals surface area (Å²) in [7, 11) is 1.28. The monoisotopic (exact) mass is 368 g/mol. The Morgan fingerprint density at radius 3 is 1.74 bits per heavy atom. The lowest BCUT2D eigenvalue weighted by Gasteiger charge is -2.22. The highest BCUT2D eigenvalue weighted by Gasteiger charge is 2.27. The third kappa shape index (κ3) is 6.58. The first-order valence-electron chi connectivity index (χ1n) is 8.72. The van der Waals surface area contributed by atoms with E-state index in [0.29, 0.717) is 12.8 Å². The van der Waals surface area contributed by atoms with Crippen molar-refractivity contribution in [1.29, 1.82) is 0 Å². The van der Waals surface area contributed by atoms with E-state index in [2.05, 4.69) is 10.6 Å². The molecule has 0 unspecified atom stereocenters. The van der Waals surface area contributed by atoms with Crippen molar-refractivity contribution in [2.45, 2.75) is 31.8 Å². The summed E-state index contributed by atoms with van der Waals surface area (Å²) in [4.78, 5) is 36.4. The molecular formula is C21H24N2O4. The molecule has 0 bridgehead atoms. The minimum atomic E-state index is -0.836. The van der Waals surface area contributed by atoms with Crippen LogP contribution in [0, 0.1) is 0 Å². The zero-order chi connectivity index (χ0) is 19.6. The van der Waals surface area contributed by atoms with Gasteiger partial charge < -0.3 is 15.4 Å². The van der Waals surface area contributed by atoms with Crippen LogP contribution >= 0.6 is 0 Å². The second-order valence-electron chi connectivity index (χ2n) is 6.22. The van der Waals surface area contributed by atoms with Crippen molar-refractivity contribution in [2.24, 2.45) is 0 Å². The van der Waals surface area contributed by atoms with E-state index >= 15 is 0 Å². The molecule has 0 saturated heterocycles. The topological polar surface area (TPSA) is 84.5 Å². The van der Waals surface area contributed by atoms with E-state index in [0.717, 1.165) is 11.1 Å². The van der Waals surface area contributed by atoms with Crippen LogP contribution in [0.15, 0.2) is 60.7 Å². The summed E-state index contributed by atoms with van der Waals surface area (Å²) in [6, 6.07) is 17.1. The number of carbonyl (C=O) groups excluding carboxylic acids is 3. The third-order valence-electron chi connectivity index (χ3n) is 4.06. The predicted molar refractivity (Wildman–Crippen MR) is 102 cm³/mol. The molecule has 0 aromatic heterocycles. The quantitative estimate of drug-likeness (QED) is 0.694. The van der Waals surface area contributed by atoms with Crippen LogP contribution in [0.4, 0.5) is 0 Å². The summed E-state index contributed by atoms with van der Waals surface area (Å²) in [6.07, 6.45) is 0.628. The number of hydrogen-bond donors (Lipinski definition) is 2. The highest BCUT2D eigenvalue weighted by atomic mass is 16.5. The Morgan fingerprint density at radius 1 is 0.815 bits per heavy atom. The Hall–Kier alpha value is -3.15. The highest BCUT2D eigenvalue weighted by molar-refractivity contribution is 5.90. The van der Waals surface area contributed by atoms with Crippen molar-refractivity contribution in [2.75, 3.05) is 7.11 Å². The maximum absolute atomic E-state index is 12.8. The Balaban J connectivity index is 2.13. The van der Waals surface area contributed by atoms with Crippen LogP contribution in [0.3, 0.4) is 0 Å². The van der Waals surface area contributed by atoms with Crippen LogP contribution in [-0.2, 0) is 32.0 Å². The van der Waals surface area contributed by atoms with Crippen LogP contribution < -0.4 is 10.6 Å². The third-order valence-corrected chi connectivity index (χ3v) is 4.06. The molecule has 0 aliphatic carbocycles. The van der Waals surface area contributed by atoms with Crippen molar-refractivity contribution in [3.8, 4) is 0 Å². The summed E-state index contributed by atoms with van der Waals surface area (Å²) >= 11 is 0. The summed E-state index contributed by atoms with van der Waals surface area (Å²) in [5, 5.41) is 5.36.